The van der Waals surface area contributed by atoms with E-state index in [1.54, 1.807) is 22.1 Å². The minimum absolute atomic E-state index is 0.0725. The lowest BCUT2D eigenvalue weighted by molar-refractivity contribution is -0.129. The lowest BCUT2D eigenvalue weighted by Gasteiger charge is -2.24. The SMILES string of the molecule is CCN(CC)C(=O)CN(C)c1ncc(Br)cc1Cl. The molecule has 100 valence electrons. The Bertz CT molecular complexity index is 424. The number of rotatable bonds is 5. The molecule has 1 amide bonds. The van der Waals surface area contributed by atoms with E-state index in [1.807, 2.05) is 20.9 Å². The summed E-state index contributed by atoms with van der Waals surface area (Å²) < 4.78 is 0.819. The Hall–Kier alpha value is -0.810. The number of carbonyl (C=O) groups is 1. The molecule has 0 aliphatic heterocycles. The van der Waals surface area contributed by atoms with Crippen LogP contribution in [-0.4, -0.2) is 42.5 Å². The molecule has 1 aromatic heterocycles. The monoisotopic (exact) mass is 333 g/mol. The highest BCUT2D eigenvalue weighted by Crippen LogP contribution is 2.25. The maximum absolute atomic E-state index is 12.0. The van der Waals surface area contributed by atoms with Crippen molar-refractivity contribution in [1.82, 2.24) is 9.88 Å². The molecule has 0 saturated carbocycles. The summed E-state index contributed by atoms with van der Waals surface area (Å²) >= 11 is 9.40. The van der Waals surface area contributed by atoms with Crippen molar-refractivity contribution in [3.63, 3.8) is 0 Å². The molecule has 1 rings (SSSR count). The normalized spacial score (nSPS) is 10.3. The van der Waals surface area contributed by atoms with E-state index in [-0.39, 0.29) is 12.5 Å². The fraction of sp³-hybridized carbons (Fsp3) is 0.500. The van der Waals surface area contributed by atoms with E-state index in [4.69, 9.17) is 11.6 Å². The zero-order valence-electron chi connectivity index (χ0n) is 10.8. The summed E-state index contributed by atoms with van der Waals surface area (Å²) in [5, 5.41) is 0.527. The number of likely N-dealkylation sites (N-methyl/N-ethyl adjacent to an activating group) is 2. The van der Waals surface area contributed by atoms with E-state index < -0.39 is 0 Å². The molecular weight excluding hydrogens is 318 g/mol. The van der Waals surface area contributed by atoms with Gasteiger partial charge in [0.15, 0.2) is 0 Å². The third-order valence-corrected chi connectivity index (χ3v) is 3.35. The molecule has 0 bridgehead atoms. The molecule has 4 nitrogen and oxygen atoms in total. The smallest absolute Gasteiger partial charge is 0.242 e. The molecule has 6 heteroatoms. The van der Waals surface area contributed by atoms with E-state index in [9.17, 15) is 4.79 Å². The molecule has 18 heavy (non-hydrogen) atoms. The number of nitrogens with zero attached hydrogens (tertiary/aromatic N) is 3. The van der Waals surface area contributed by atoms with E-state index in [0.717, 1.165) is 4.47 Å². The lowest BCUT2D eigenvalue weighted by Crippen LogP contribution is -2.39. The van der Waals surface area contributed by atoms with Gasteiger partial charge in [0.2, 0.25) is 5.91 Å². The van der Waals surface area contributed by atoms with Crippen LogP contribution >= 0.6 is 27.5 Å². The Labute approximate surface area is 121 Å². The maximum Gasteiger partial charge on any atom is 0.242 e. The Morgan fingerprint density at radius 2 is 2.06 bits per heavy atom. The van der Waals surface area contributed by atoms with E-state index in [2.05, 4.69) is 20.9 Å². The molecule has 0 atom stereocenters. The first-order valence-electron chi connectivity index (χ1n) is 5.79. The summed E-state index contributed by atoms with van der Waals surface area (Å²) in [6, 6.07) is 1.77. The zero-order chi connectivity index (χ0) is 13.7. The largest absolute Gasteiger partial charge is 0.349 e. The first-order chi connectivity index (χ1) is 8.49. The number of hydrogen-bond acceptors (Lipinski definition) is 3. The van der Waals surface area contributed by atoms with Gasteiger partial charge in [0.25, 0.3) is 0 Å². The highest BCUT2D eigenvalue weighted by Gasteiger charge is 2.15. The van der Waals surface area contributed by atoms with Crippen molar-refractivity contribution < 1.29 is 4.79 Å². The molecule has 0 spiro atoms. The molecule has 0 unspecified atom stereocenters. The number of halogens is 2. The van der Waals surface area contributed by atoms with Crippen LogP contribution < -0.4 is 4.90 Å². The third-order valence-electron chi connectivity index (χ3n) is 2.64. The molecule has 0 saturated heterocycles. The average molecular weight is 335 g/mol. The quantitative estimate of drug-likeness (QED) is 0.831. The number of carbonyl (C=O) groups excluding carboxylic acids is 1. The van der Waals surface area contributed by atoms with Crippen LogP contribution in [0.3, 0.4) is 0 Å². The second-order valence-corrected chi connectivity index (χ2v) is 5.20. The number of amides is 1. The predicted octanol–water partition coefficient (Wildman–Crippen LogP) is 2.80. The van der Waals surface area contributed by atoms with Crippen LogP contribution in [0, 0.1) is 0 Å². The zero-order valence-corrected chi connectivity index (χ0v) is 13.1. The minimum Gasteiger partial charge on any atom is -0.349 e. The number of anilines is 1. The topological polar surface area (TPSA) is 36.4 Å². The molecular formula is C12H17BrClN3O. The molecule has 0 fully saturated rings. The average Bonchev–Trinajstić information content (AvgIpc) is 2.30. The standard InChI is InChI=1S/C12H17BrClN3O/c1-4-17(5-2)11(18)8-16(3)12-10(14)6-9(13)7-15-12/h6-7H,4-5,8H2,1-3H3. The maximum atomic E-state index is 12.0. The molecule has 1 aromatic rings. The van der Waals surface area contributed by atoms with E-state index in [0.29, 0.717) is 23.9 Å². The minimum atomic E-state index is 0.0725. The second kappa shape index (κ2) is 6.95. The van der Waals surface area contributed by atoms with Crippen LogP contribution in [-0.2, 0) is 4.79 Å². The van der Waals surface area contributed by atoms with Crippen molar-refractivity contribution in [2.24, 2.45) is 0 Å². The van der Waals surface area contributed by atoms with Gasteiger partial charge in [-0.15, -0.1) is 0 Å². The first kappa shape index (κ1) is 15.2. The van der Waals surface area contributed by atoms with Gasteiger partial charge in [-0.3, -0.25) is 4.79 Å². The van der Waals surface area contributed by atoms with Gasteiger partial charge in [0, 0.05) is 30.8 Å². The second-order valence-electron chi connectivity index (χ2n) is 3.88. The molecule has 0 aromatic carbocycles. The van der Waals surface area contributed by atoms with Crippen molar-refractivity contribution in [2.75, 3.05) is 31.6 Å². The predicted molar refractivity (Wildman–Crippen MR) is 78.1 cm³/mol. The van der Waals surface area contributed by atoms with Gasteiger partial charge in [0.05, 0.1) is 11.6 Å². The van der Waals surface area contributed by atoms with E-state index in [1.165, 1.54) is 0 Å². The van der Waals surface area contributed by atoms with Gasteiger partial charge >= 0.3 is 0 Å². The Morgan fingerprint density at radius 1 is 1.44 bits per heavy atom. The summed E-state index contributed by atoms with van der Waals surface area (Å²) in [6.45, 7) is 5.63. The van der Waals surface area contributed by atoms with Crippen LogP contribution in [0.25, 0.3) is 0 Å². The Morgan fingerprint density at radius 3 is 2.56 bits per heavy atom. The van der Waals surface area contributed by atoms with Gasteiger partial charge in [0.1, 0.15) is 5.82 Å². The Balaban J connectivity index is 2.76. The van der Waals surface area contributed by atoms with Crippen LogP contribution in [0.1, 0.15) is 13.8 Å². The van der Waals surface area contributed by atoms with Crippen molar-refractivity contribution in [3.05, 3.63) is 21.8 Å². The van der Waals surface area contributed by atoms with Crippen molar-refractivity contribution in [1.29, 1.82) is 0 Å². The molecule has 0 N–H and O–H groups in total. The van der Waals surface area contributed by atoms with E-state index >= 15 is 0 Å². The lowest BCUT2D eigenvalue weighted by atomic mass is 10.4. The highest BCUT2D eigenvalue weighted by atomic mass is 79.9. The molecule has 1 heterocycles. The summed E-state index contributed by atoms with van der Waals surface area (Å²) in [4.78, 5) is 19.7. The summed E-state index contributed by atoms with van der Waals surface area (Å²) in [6.07, 6.45) is 1.67. The molecule has 0 aliphatic rings. The van der Waals surface area contributed by atoms with Crippen LogP contribution in [0.4, 0.5) is 5.82 Å². The van der Waals surface area contributed by atoms with Crippen molar-refractivity contribution in [2.45, 2.75) is 13.8 Å². The molecule has 0 aliphatic carbocycles. The van der Waals surface area contributed by atoms with Gasteiger partial charge in [-0.2, -0.15) is 0 Å². The summed E-state index contributed by atoms with van der Waals surface area (Å²) in [5.74, 6) is 0.684. The van der Waals surface area contributed by atoms with Crippen LogP contribution in [0.15, 0.2) is 16.7 Å². The summed E-state index contributed by atoms with van der Waals surface area (Å²) in [5.41, 5.74) is 0. The molecule has 0 radical (unpaired) electrons. The van der Waals surface area contributed by atoms with Gasteiger partial charge < -0.3 is 9.80 Å². The van der Waals surface area contributed by atoms with Gasteiger partial charge in [-0.1, -0.05) is 11.6 Å². The first-order valence-corrected chi connectivity index (χ1v) is 6.96. The Kier molecular flexibility index (Phi) is 5.88. The number of hydrogen-bond donors (Lipinski definition) is 0. The van der Waals surface area contributed by atoms with Crippen molar-refractivity contribution in [3.8, 4) is 0 Å². The van der Waals surface area contributed by atoms with Gasteiger partial charge in [-0.05, 0) is 35.8 Å². The van der Waals surface area contributed by atoms with Crippen molar-refractivity contribution >= 4 is 39.3 Å². The third kappa shape index (κ3) is 3.85. The fourth-order valence-corrected chi connectivity index (χ4v) is 2.42. The number of pyridine rings is 1. The van der Waals surface area contributed by atoms with Gasteiger partial charge in [-0.25, -0.2) is 4.98 Å². The van der Waals surface area contributed by atoms with Crippen LogP contribution in [0.5, 0.6) is 0 Å². The highest BCUT2D eigenvalue weighted by molar-refractivity contribution is 9.10. The fourth-order valence-electron chi connectivity index (χ4n) is 1.64. The number of aromatic nitrogens is 1. The van der Waals surface area contributed by atoms with Crippen LogP contribution in [0.2, 0.25) is 5.02 Å². The summed E-state index contributed by atoms with van der Waals surface area (Å²) in [7, 11) is 1.81.